The zero-order valence-corrected chi connectivity index (χ0v) is 18.4. The van der Waals surface area contributed by atoms with E-state index in [2.05, 4.69) is 102 Å². The van der Waals surface area contributed by atoms with Crippen molar-refractivity contribution in [3.05, 3.63) is 58.1 Å². The van der Waals surface area contributed by atoms with Gasteiger partial charge in [-0.25, -0.2) is 0 Å². The molecule has 3 nitrogen and oxygen atoms in total. The first-order valence-corrected chi connectivity index (χ1v) is 10.9. The molecule has 0 N–H and O–H groups in total. The van der Waals surface area contributed by atoms with Gasteiger partial charge in [-0.2, -0.15) is 0 Å². The SMILES string of the molecule is CC(C)(C)n1ccn(C(C)(C)C)[c]1=[Au][C]#Cc1cccc2cccnc12. The molecule has 0 atom stereocenters. The van der Waals surface area contributed by atoms with Crippen molar-refractivity contribution < 1.29 is 19.3 Å². The first-order valence-electron chi connectivity index (χ1n) is 8.73. The normalized spacial score (nSPS) is 12.2. The van der Waals surface area contributed by atoms with Crippen molar-refractivity contribution in [3.63, 3.8) is 0 Å². The molecule has 0 saturated carbocycles. The van der Waals surface area contributed by atoms with Gasteiger partial charge in [0.25, 0.3) is 0 Å². The second-order valence-electron chi connectivity index (χ2n) is 8.27. The van der Waals surface area contributed by atoms with Crippen LogP contribution in [0, 0.1) is 13.7 Å². The molecule has 3 aromatic rings. The Balaban J connectivity index is 2.15. The fourth-order valence-corrected chi connectivity index (χ4v) is 5.65. The van der Waals surface area contributed by atoms with Crippen LogP contribution < -0.4 is 0 Å². The molecule has 0 aliphatic heterocycles. The zero-order valence-electron chi connectivity index (χ0n) is 16.3. The van der Waals surface area contributed by atoms with Gasteiger partial charge in [-0.3, -0.25) is 0 Å². The number of pyridine rings is 1. The molecule has 0 radical (unpaired) electrons. The Bertz CT molecular complexity index is 1020. The summed E-state index contributed by atoms with van der Waals surface area (Å²) in [5.41, 5.74) is 2.09. The first kappa shape index (κ1) is 18.9. The first-order chi connectivity index (χ1) is 12.2. The van der Waals surface area contributed by atoms with E-state index < -0.39 is 0 Å². The summed E-state index contributed by atoms with van der Waals surface area (Å²) < 4.78 is 9.55. The third-order valence-electron chi connectivity index (χ3n) is 4.08. The number of aromatic nitrogens is 3. The maximum atomic E-state index is 4.51. The fourth-order valence-electron chi connectivity index (χ4n) is 2.68. The van der Waals surface area contributed by atoms with Crippen LogP contribution in [0.2, 0.25) is 0 Å². The van der Waals surface area contributed by atoms with E-state index in [1.165, 1.54) is 3.63 Å². The standard InChI is InChI=1S/C11H20N2.C11H6N.Au/c1-10(2,3)12-7-8-13(9-12)11(4,5)6;1-2-9-5-3-6-10-7-4-8-12-11(9)10;/h7-8H,1-6H3;3-8H;. The quantitative estimate of drug-likeness (QED) is 0.298. The van der Waals surface area contributed by atoms with Gasteiger partial charge >= 0.3 is 165 Å². The van der Waals surface area contributed by atoms with Crippen LogP contribution in [0.3, 0.4) is 0 Å². The van der Waals surface area contributed by atoms with Gasteiger partial charge in [-0.1, -0.05) is 0 Å². The predicted octanol–water partition coefficient (Wildman–Crippen LogP) is 4.97. The van der Waals surface area contributed by atoms with Gasteiger partial charge in [0.1, 0.15) is 0 Å². The second-order valence-corrected chi connectivity index (χ2v) is 10.3. The van der Waals surface area contributed by atoms with Crippen molar-refractivity contribution in [2.45, 2.75) is 52.6 Å². The molecule has 4 heteroatoms. The van der Waals surface area contributed by atoms with E-state index in [4.69, 9.17) is 0 Å². The number of rotatable bonds is 0. The average molecular weight is 529 g/mol. The minimum absolute atomic E-state index is 0.0466. The number of fused-ring (bicyclic) bond motifs is 1. The monoisotopic (exact) mass is 529 g/mol. The Hall–Kier alpha value is -1.86. The van der Waals surface area contributed by atoms with Crippen molar-refractivity contribution in [1.82, 2.24) is 14.1 Å². The van der Waals surface area contributed by atoms with Gasteiger partial charge in [0.2, 0.25) is 0 Å². The Morgan fingerprint density at radius 3 is 2.12 bits per heavy atom. The van der Waals surface area contributed by atoms with E-state index in [0.717, 1.165) is 16.5 Å². The van der Waals surface area contributed by atoms with Gasteiger partial charge in [0, 0.05) is 0 Å². The van der Waals surface area contributed by atoms with Crippen molar-refractivity contribution in [2.24, 2.45) is 0 Å². The topological polar surface area (TPSA) is 22.8 Å². The van der Waals surface area contributed by atoms with Gasteiger partial charge in [0.15, 0.2) is 0 Å². The van der Waals surface area contributed by atoms with E-state index in [-0.39, 0.29) is 30.4 Å². The van der Waals surface area contributed by atoms with Crippen LogP contribution in [0.4, 0.5) is 0 Å². The fraction of sp³-hybridized carbons (Fsp3) is 0.364. The summed E-state index contributed by atoms with van der Waals surface area (Å²) in [6, 6.07) is 10.2. The number of imidazole rings is 1. The zero-order chi connectivity index (χ0) is 18.9. The summed E-state index contributed by atoms with van der Waals surface area (Å²) in [4.78, 5) is 4.51. The molecule has 140 valence electrons. The molecule has 0 amide bonds. The molecule has 0 aliphatic rings. The molecule has 2 aromatic heterocycles. The Morgan fingerprint density at radius 1 is 0.885 bits per heavy atom. The van der Waals surface area contributed by atoms with Gasteiger partial charge in [0.05, 0.1) is 0 Å². The third-order valence-corrected chi connectivity index (χ3v) is 6.15. The molecule has 0 unspecified atom stereocenters. The van der Waals surface area contributed by atoms with E-state index in [1.807, 2.05) is 12.3 Å². The van der Waals surface area contributed by atoms with E-state index in [9.17, 15) is 0 Å². The molecule has 1 aromatic carbocycles. The van der Waals surface area contributed by atoms with E-state index >= 15 is 0 Å². The van der Waals surface area contributed by atoms with Crippen LogP contribution >= 0.6 is 0 Å². The van der Waals surface area contributed by atoms with Crippen molar-refractivity contribution in [1.29, 1.82) is 0 Å². The second kappa shape index (κ2) is 7.04. The van der Waals surface area contributed by atoms with Crippen molar-refractivity contribution in [3.8, 4) is 10.1 Å². The molecule has 0 spiro atoms. The summed E-state index contributed by atoms with van der Waals surface area (Å²) in [6.07, 6.45) is 6.22. The van der Waals surface area contributed by atoms with Crippen LogP contribution in [-0.4, -0.2) is 14.1 Å². The van der Waals surface area contributed by atoms with Crippen LogP contribution in [-0.2, 0) is 30.4 Å². The summed E-state index contributed by atoms with van der Waals surface area (Å²) in [5, 5.41) is 1.14. The number of para-hydroxylation sites is 1. The molecule has 3 rings (SSSR count). The molecular weight excluding hydrogens is 503 g/mol. The Morgan fingerprint density at radius 2 is 1.50 bits per heavy atom. The summed E-state index contributed by atoms with van der Waals surface area (Å²) in [5.74, 6) is 3.39. The number of benzene rings is 1. The number of hydrogen-bond acceptors (Lipinski definition) is 1. The third kappa shape index (κ3) is 3.94. The van der Waals surface area contributed by atoms with Gasteiger partial charge in [-0.05, 0) is 0 Å². The van der Waals surface area contributed by atoms with E-state index in [1.54, 1.807) is 0 Å². The van der Waals surface area contributed by atoms with E-state index in [0.29, 0.717) is 0 Å². The van der Waals surface area contributed by atoms with Crippen LogP contribution in [0.15, 0.2) is 48.9 Å². The summed E-state index contributed by atoms with van der Waals surface area (Å²) in [6.45, 7) is 13.5. The minimum atomic E-state index is -0.322. The molecule has 26 heavy (non-hydrogen) atoms. The molecule has 0 bridgehead atoms. The summed E-state index contributed by atoms with van der Waals surface area (Å²) >= 11 is -0.322. The summed E-state index contributed by atoms with van der Waals surface area (Å²) in [7, 11) is 0. The number of nitrogens with zero attached hydrogens (tertiary/aromatic N) is 3. The van der Waals surface area contributed by atoms with Gasteiger partial charge in [-0.15, -0.1) is 0 Å². The van der Waals surface area contributed by atoms with Crippen molar-refractivity contribution >= 4 is 10.9 Å². The number of hydrogen-bond donors (Lipinski definition) is 0. The molecule has 0 aliphatic carbocycles. The molecule has 2 heterocycles. The van der Waals surface area contributed by atoms with Crippen LogP contribution in [0.5, 0.6) is 0 Å². The average Bonchev–Trinajstić information content (AvgIpc) is 2.99. The Labute approximate surface area is 164 Å². The Kier molecular flexibility index (Phi) is 5.12. The molecule has 0 fully saturated rings. The molecule has 0 saturated heterocycles. The molecular formula is C22H26AuN3. The van der Waals surface area contributed by atoms with Crippen LogP contribution in [0.25, 0.3) is 10.9 Å². The van der Waals surface area contributed by atoms with Crippen LogP contribution in [0.1, 0.15) is 47.1 Å². The predicted molar refractivity (Wildman–Crippen MR) is 104 cm³/mol. The van der Waals surface area contributed by atoms with Crippen molar-refractivity contribution in [2.75, 3.05) is 0 Å². The maximum absolute atomic E-state index is 4.51. The van der Waals surface area contributed by atoms with Gasteiger partial charge < -0.3 is 0 Å².